The molecular weight excluding hydrogens is 258 g/mol. The molecule has 5 heteroatoms. The summed E-state index contributed by atoms with van der Waals surface area (Å²) >= 11 is 3.25. The number of hydrogen-bond acceptors (Lipinski definition) is 4. The summed E-state index contributed by atoms with van der Waals surface area (Å²) < 4.78 is 0.823. The number of halogens is 1. The molecular formula is C10H8BrN3O. The molecule has 0 atom stereocenters. The molecule has 2 aromatic rings. The number of phenols is 1. The van der Waals surface area contributed by atoms with Crippen LogP contribution in [0.3, 0.4) is 0 Å². The predicted molar refractivity (Wildman–Crippen MR) is 61.1 cm³/mol. The molecule has 15 heavy (non-hydrogen) atoms. The number of aromatic hydroxyl groups is 1. The van der Waals surface area contributed by atoms with Crippen molar-refractivity contribution >= 4 is 27.6 Å². The predicted octanol–water partition coefficient (Wildman–Crippen LogP) is 2.69. The second-order valence-electron chi connectivity index (χ2n) is 2.90. The van der Waals surface area contributed by atoms with E-state index in [9.17, 15) is 5.11 Å². The average Bonchev–Trinajstić information content (AvgIpc) is 2.22. The molecule has 0 fully saturated rings. The van der Waals surface area contributed by atoms with Crippen LogP contribution in [-0.2, 0) is 0 Å². The largest absolute Gasteiger partial charge is 0.508 e. The van der Waals surface area contributed by atoms with Gasteiger partial charge in [-0.15, -0.1) is 0 Å². The summed E-state index contributed by atoms with van der Waals surface area (Å²) in [7, 11) is 0. The second-order valence-corrected chi connectivity index (χ2v) is 3.82. The maximum Gasteiger partial charge on any atom is 0.227 e. The molecule has 1 aromatic carbocycles. The molecule has 0 amide bonds. The Morgan fingerprint density at radius 1 is 1.20 bits per heavy atom. The number of rotatable bonds is 2. The van der Waals surface area contributed by atoms with Crippen molar-refractivity contribution in [1.82, 2.24) is 9.97 Å². The average molecular weight is 266 g/mol. The van der Waals surface area contributed by atoms with Gasteiger partial charge in [0, 0.05) is 24.1 Å². The van der Waals surface area contributed by atoms with Crippen LogP contribution in [0.2, 0.25) is 0 Å². The molecule has 76 valence electrons. The lowest BCUT2D eigenvalue weighted by atomic mass is 10.3. The highest BCUT2D eigenvalue weighted by molar-refractivity contribution is 9.10. The van der Waals surface area contributed by atoms with Crippen molar-refractivity contribution in [2.75, 3.05) is 5.32 Å². The Balaban J connectivity index is 2.18. The number of aromatic nitrogens is 2. The zero-order valence-electron chi connectivity index (χ0n) is 7.68. The van der Waals surface area contributed by atoms with Crippen molar-refractivity contribution in [2.45, 2.75) is 0 Å². The van der Waals surface area contributed by atoms with E-state index in [-0.39, 0.29) is 5.75 Å². The minimum atomic E-state index is 0.206. The molecule has 0 radical (unpaired) electrons. The van der Waals surface area contributed by atoms with Crippen LogP contribution in [0.15, 0.2) is 41.1 Å². The molecule has 4 nitrogen and oxygen atoms in total. The van der Waals surface area contributed by atoms with Gasteiger partial charge in [-0.25, -0.2) is 9.97 Å². The first-order chi connectivity index (χ1) is 7.24. The summed E-state index contributed by atoms with van der Waals surface area (Å²) in [5, 5.41) is 12.2. The highest BCUT2D eigenvalue weighted by Gasteiger charge is 1.97. The number of benzene rings is 1. The van der Waals surface area contributed by atoms with Crippen LogP contribution in [0.4, 0.5) is 11.6 Å². The number of nitrogens with one attached hydrogen (secondary N) is 1. The van der Waals surface area contributed by atoms with Gasteiger partial charge in [0.25, 0.3) is 0 Å². The van der Waals surface area contributed by atoms with Gasteiger partial charge < -0.3 is 10.4 Å². The second kappa shape index (κ2) is 4.27. The van der Waals surface area contributed by atoms with Crippen LogP contribution in [0, 0.1) is 0 Å². The molecule has 0 bridgehead atoms. The normalized spacial score (nSPS) is 9.93. The summed E-state index contributed by atoms with van der Waals surface area (Å²) in [5.74, 6) is 0.695. The van der Waals surface area contributed by atoms with E-state index < -0.39 is 0 Å². The standard InChI is InChI=1S/C10H8BrN3O/c11-7-5-12-10(13-6-7)14-8-2-1-3-9(15)4-8/h1-6,15H,(H,12,13,14). The number of phenolic OH excluding ortho intramolecular Hbond substituents is 1. The summed E-state index contributed by atoms with van der Waals surface area (Å²) in [5.41, 5.74) is 0.748. The fourth-order valence-electron chi connectivity index (χ4n) is 1.09. The molecule has 0 aliphatic rings. The van der Waals surface area contributed by atoms with E-state index in [0.29, 0.717) is 5.95 Å². The van der Waals surface area contributed by atoms with Crippen molar-refractivity contribution in [3.8, 4) is 5.75 Å². The summed E-state index contributed by atoms with van der Waals surface area (Å²) in [6.45, 7) is 0. The molecule has 1 aromatic heterocycles. The van der Waals surface area contributed by atoms with Gasteiger partial charge >= 0.3 is 0 Å². The quantitative estimate of drug-likeness (QED) is 0.877. The highest BCUT2D eigenvalue weighted by Crippen LogP contribution is 2.18. The van der Waals surface area contributed by atoms with Crippen LogP contribution in [0.25, 0.3) is 0 Å². The molecule has 1 heterocycles. The summed E-state index contributed by atoms with van der Waals surface area (Å²) in [6.07, 6.45) is 3.30. The Bertz CT molecular complexity index is 458. The molecule has 0 saturated carbocycles. The molecule has 0 saturated heterocycles. The first kappa shape index (κ1) is 9.92. The third-order valence-electron chi connectivity index (χ3n) is 1.72. The first-order valence-electron chi connectivity index (χ1n) is 4.27. The van der Waals surface area contributed by atoms with Crippen molar-refractivity contribution in [3.63, 3.8) is 0 Å². The molecule has 0 aliphatic heterocycles. The van der Waals surface area contributed by atoms with Crippen LogP contribution < -0.4 is 5.32 Å². The maximum atomic E-state index is 9.25. The fourth-order valence-corrected chi connectivity index (χ4v) is 1.29. The topological polar surface area (TPSA) is 58.0 Å². The van der Waals surface area contributed by atoms with Gasteiger partial charge in [-0.3, -0.25) is 0 Å². The Morgan fingerprint density at radius 2 is 1.93 bits per heavy atom. The van der Waals surface area contributed by atoms with E-state index in [4.69, 9.17) is 0 Å². The third kappa shape index (κ3) is 2.66. The van der Waals surface area contributed by atoms with E-state index in [1.807, 2.05) is 6.07 Å². The first-order valence-corrected chi connectivity index (χ1v) is 5.07. The molecule has 0 unspecified atom stereocenters. The van der Waals surface area contributed by atoms with E-state index in [1.165, 1.54) is 0 Å². The van der Waals surface area contributed by atoms with E-state index in [2.05, 4.69) is 31.2 Å². The Morgan fingerprint density at radius 3 is 2.60 bits per heavy atom. The van der Waals surface area contributed by atoms with Crippen LogP contribution >= 0.6 is 15.9 Å². The van der Waals surface area contributed by atoms with Gasteiger partial charge in [-0.2, -0.15) is 0 Å². The maximum absolute atomic E-state index is 9.25. The lowest BCUT2D eigenvalue weighted by Gasteiger charge is -2.04. The molecule has 2 rings (SSSR count). The van der Waals surface area contributed by atoms with Gasteiger partial charge in [0.2, 0.25) is 5.95 Å². The van der Waals surface area contributed by atoms with E-state index in [1.54, 1.807) is 30.6 Å². The van der Waals surface area contributed by atoms with Crippen LogP contribution in [-0.4, -0.2) is 15.1 Å². The van der Waals surface area contributed by atoms with Crippen LogP contribution in [0.5, 0.6) is 5.75 Å². The van der Waals surface area contributed by atoms with Gasteiger partial charge in [0.1, 0.15) is 5.75 Å². The third-order valence-corrected chi connectivity index (χ3v) is 2.13. The fraction of sp³-hybridized carbons (Fsp3) is 0. The SMILES string of the molecule is Oc1cccc(Nc2ncc(Br)cn2)c1. The van der Waals surface area contributed by atoms with Gasteiger partial charge in [-0.1, -0.05) is 6.07 Å². The number of hydrogen-bond donors (Lipinski definition) is 2. The Hall–Kier alpha value is -1.62. The smallest absolute Gasteiger partial charge is 0.227 e. The Labute approximate surface area is 95.1 Å². The minimum Gasteiger partial charge on any atom is -0.508 e. The van der Waals surface area contributed by atoms with Crippen molar-refractivity contribution in [3.05, 3.63) is 41.1 Å². The number of nitrogens with zero attached hydrogens (tertiary/aromatic N) is 2. The molecule has 0 spiro atoms. The van der Waals surface area contributed by atoms with E-state index >= 15 is 0 Å². The van der Waals surface area contributed by atoms with Crippen molar-refractivity contribution < 1.29 is 5.11 Å². The highest BCUT2D eigenvalue weighted by atomic mass is 79.9. The summed E-state index contributed by atoms with van der Waals surface area (Å²) in [4.78, 5) is 8.10. The lowest BCUT2D eigenvalue weighted by Crippen LogP contribution is -1.95. The van der Waals surface area contributed by atoms with Gasteiger partial charge in [0.15, 0.2) is 0 Å². The van der Waals surface area contributed by atoms with Crippen molar-refractivity contribution in [2.24, 2.45) is 0 Å². The van der Waals surface area contributed by atoms with Crippen LogP contribution in [0.1, 0.15) is 0 Å². The van der Waals surface area contributed by atoms with Gasteiger partial charge in [0.05, 0.1) is 4.47 Å². The van der Waals surface area contributed by atoms with Gasteiger partial charge in [-0.05, 0) is 28.1 Å². The monoisotopic (exact) mass is 265 g/mol. The lowest BCUT2D eigenvalue weighted by molar-refractivity contribution is 0.475. The molecule has 2 N–H and O–H groups in total. The number of anilines is 2. The molecule has 0 aliphatic carbocycles. The van der Waals surface area contributed by atoms with E-state index in [0.717, 1.165) is 10.2 Å². The Kier molecular flexibility index (Phi) is 2.82. The zero-order chi connectivity index (χ0) is 10.7. The summed E-state index contributed by atoms with van der Waals surface area (Å²) in [6, 6.07) is 6.78. The minimum absolute atomic E-state index is 0.206. The van der Waals surface area contributed by atoms with Crippen molar-refractivity contribution in [1.29, 1.82) is 0 Å². The zero-order valence-corrected chi connectivity index (χ0v) is 9.27.